The maximum atomic E-state index is 11.9. The van der Waals surface area contributed by atoms with Gasteiger partial charge in [0, 0.05) is 16.7 Å². The van der Waals surface area contributed by atoms with Gasteiger partial charge in [0.15, 0.2) is 9.84 Å². The maximum Gasteiger partial charge on any atom is 0.175 e. The van der Waals surface area contributed by atoms with Crippen molar-refractivity contribution < 1.29 is 13.2 Å². The molecule has 0 fully saturated rings. The average molecular weight is 451 g/mol. The topological polar surface area (TPSA) is 61.2 Å². The lowest BCUT2D eigenvalue weighted by Crippen LogP contribution is -2.09. The number of rotatable bonds is 3. The van der Waals surface area contributed by atoms with Crippen LogP contribution in [0.25, 0.3) is 16.9 Å². The summed E-state index contributed by atoms with van der Waals surface area (Å²) >= 11 is 5.18. The molecule has 1 aliphatic rings. The van der Waals surface area contributed by atoms with Crippen LogP contribution in [0.15, 0.2) is 56.9 Å². The Hall–Kier alpha value is -1.77. The number of halogens is 1. The Morgan fingerprint density at radius 3 is 2.58 bits per heavy atom. The van der Waals surface area contributed by atoms with Crippen LogP contribution < -0.4 is 4.74 Å². The fourth-order valence-electron chi connectivity index (χ4n) is 2.96. The molecule has 0 unspecified atom stereocenters. The summed E-state index contributed by atoms with van der Waals surface area (Å²) in [6.45, 7) is 0. The van der Waals surface area contributed by atoms with Gasteiger partial charge in [-0.15, -0.1) is 11.8 Å². The Morgan fingerprint density at radius 2 is 1.92 bits per heavy atom. The molecule has 0 saturated heterocycles. The number of benzene rings is 2. The van der Waals surface area contributed by atoms with Gasteiger partial charge in [-0.1, -0.05) is 0 Å². The summed E-state index contributed by atoms with van der Waals surface area (Å²) in [4.78, 5) is 5.91. The van der Waals surface area contributed by atoms with Crippen molar-refractivity contribution in [2.75, 3.05) is 13.4 Å². The molecule has 0 N–H and O–H groups in total. The number of hydrogen-bond acceptors (Lipinski definition) is 5. The minimum atomic E-state index is -3.24. The number of fused-ring (bicyclic) bond motifs is 3. The molecule has 2 heterocycles. The van der Waals surface area contributed by atoms with Gasteiger partial charge in [-0.3, -0.25) is 4.57 Å². The Labute approximate surface area is 164 Å². The number of ether oxygens (including phenoxy) is 1. The quantitative estimate of drug-likeness (QED) is 0.594. The Morgan fingerprint density at radius 1 is 1.19 bits per heavy atom. The van der Waals surface area contributed by atoms with E-state index in [1.165, 1.54) is 6.26 Å². The van der Waals surface area contributed by atoms with E-state index in [0.29, 0.717) is 10.6 Å². The highest BCUT2D eigenvalue weighted by Crippen LogP contribution is 2.42. The number of hydrogen-bond donors (Lipinski definition) is 0. The molecule has 134 valence electrons. The van der Waals surface area contributed by atoms with Gasteiger partial charge in [0.25, 0.3) is 0 Å². The smallest absolute Gasteiger partial charge is 0.175 e. The summed E-state index contributed by atoms with van der Waals surface area (Å²) < 4.78 is 31.8. The highest BCUT2D eigenvalue weighted by Gasteiger charge is 2.25. The second kappa shape index (κ2) is 6.44. The molecule has 0 amide bonds. The normalized spacial score (nSPS) is 13.2. The van der Waals surface area contributed by atoms with Crippen molar-refractivity contribution in [3.63, 3.8) is 0 Å². The van der Waals surface area contributed by atoms with Crippen LogP contribution in [0.3, 0.4) is 0 Å². The van der Waals surface area contributed by atoms with Crippen molar-refractivity contribution in [3.8, 4) is 22.7 Å². The van der Waals surface area contributed by atoms with Gasteiger partial charge in [0.05, 0.1) is 29.1 Å². The standard InChI is InChI=1S/C18H15BrN2O3S2/c1-24-12-5-3-11(4-6-12)17-18(19)20-16-10-25-15-9-13(26(2,22)23)7-8-14(15)21(16)17/h3-9H,10H2,1-2H3. The molecule has 0 aliphatic carbocycles. The van der Waals surface area contributed by atoms with E-state index >= 15 is 0 Å². The van der Waals surface area contributed by atoms with Crippen LogP contribution >= 0.6 is 27.7 Å². The van der Waals surface area contributed by atoms with Gasteiger partial charge >= 0.3 is 0 Å². The molecular weight excluding hydrogens is 436 g/mol. The maximum absolute atomic E-state index is 11.9. The average Bonchev–Trinajstić information content (AvgIpc) is 2.97. The van der Waals surface area contributed by atoms with Crippen LogP contribution in [0.1, 0.15) is 5.82 Å². The summed E-state index contributed by atoms with van der Waals surface area (Å²) in [5, 5.41) is 0. The van der Waals surface area contributed by atoms with E-state index in [9.17, 15) is 8.42 Å². The lowest BCUT2D eigenvalue weighted by Gasteiger charge is -2.21. The van der Waals surface area contributed by atoms with Crippen LogP contribution in [0.2, 0.25) is 0 Å². The van der Waals surface area contributed by atoms with Crippen molar-refractivity contribution in [2.45, 2.75) is 15.5 Å². The fourth-order valence-corrected chi connectivity index (χ4v) is 5.29. The number of thioether (sulfide) groups is 1. The van der Waals surface area contributed by atoms with Gasteiger partial charge in [-0.25, -0.2) is 13.4 Å². The van der Waals surface area contributed by atoms with Crippen LogP contribution in [0, 0.1) is 0 Å². The minimum Gasteiger partial charge on any atom is -0.497 e. The molecule has 5 nitrogen and oxygen atoms in total. The summed E-state index contributed by atoms with van der Waals surface area (Å²) in [5.74, 6) is 2.39. The second-order valence-corrected chi connectivity index (χ2v) is 9.71. The molecule has 8 heteroatoms. The molecule has 1 aliphatic heterocycles. The summed E-state index contributed by atoms with van der Waals surface area (Å²) in [5.41, 5.74) is 2.88. The van der Waals surface area contributed by atoms with E-state index < -0.39 is 9.84 Å². The predicted molar refractivity (Wildman–Crippen MR) is 106 cm³/mol. The van der Waals surface area contributed by atoms with E-state index in [-0.39, 0.29) is 0 Å². The van der Waals surface area contributed by atoms with Crippen LogP contribution in [-0.2, 0) is 15.6 Å². The predicted octanol–water partition coefficient (Wildman–Crippen LogP) is 4.32. The zero-order chi connectivity index (χ0) is 18.5. The number of methoxy groups -OCH3 is 1. The number of aromatic nitrogens is 2. The molecule has 2 aromatic carbocycles. The molecular formula is C18H15BrN2O3S2. The van der Waals surface area contributed by atoms with Crippen molar-refractivity contribution in [1.82, 2.24) is 9.55 Å². The Bertz CT molecular complexity index is 1110. The number of sulfone groups is 1. The van der Waals surface area contributed by atoms with Crippen molar-refractivity contribution in [1.29, 1.82) is 0 Å². The molecule has 0 saturated carbocycles. The van der Waals surface area contributed by atoms with Crippen LogP contribution in [-0.4, -0.2) is 31.3 Å². The zero-order valence-corrected chi connectivity index (χ0v) is 17.3. The van der Waals surface area contributed by atoms with Crippen molar-refractivity contribution in [2.24, 2.45) is 0 Å². The molecule has 0 spiro atoms. The van der Waals surface area contributed by atoms with Gasteiger partial charge in [0.2, 0.25) is 0 Å². The summed E-state index contributed by atoms with van der Waals surface area (Å²) in [6.07, 6.45) is 1.23. The first kappa shape index (κ1) is 17.6. The van der Waals surface area contributed by atoms with Crippen LogP contribution in [0.4, 0.5) is 0 Å². The highest BCUT2D eigenvalue weighted by atomic mass is 79.9. The zero-order valence-electron chi connectivity index (χ0n) is 14.1. The second-order valence-electron chi connectivity index (χ2n) is 5.92. The van der Waals surface area contributed by atoms with Gasteiger partial charge < -0.3 is 4.74 Å². The van der Waals surface area contributed by atoms with E-state index in [1.807, 2.05) is 30.3 Å². The SMILES string of the molecule is COc1ccc(-c2c(Br)nc3n2-c2ccc(S(C)(=O)=O)cc2SC3)cc1. The molecule has 26 heavy (non-hydrogen) atoms. The van der Waals surface area contributed by atoms with Gasteiger partial charge in [0.1, 0.15) is 16.2 Å². The van der Waals surface area contributed by atoms with E-state index in [0.717, 1.165) is 38.0 Å². The van der Waals surface area contributed by atoms with Crippen molar-refractivity contribution in [3.05, 3.63) is 52.9 Å². The number of imidazole rings is 1. The van der Waals surface area contributed by atoms with Gasteiger partial charge in [-0.2, -0.15) is 0 Å². The third kappa shape index (κ3) is 2.95. The first-order chi connectivity index (χ1) is 12.4. The molecule has 1 aromatic heterocycles. The Kier molecular flexibility index (Phi) is 4.37. The molecule has 0 atom stereocenters. The lowest BCUT2D eigenvalue weighted by atomic mass is 10.1. The summed E-state index contributed by atoms with van der Waals surface area (Å²) in [7, 11) is -1.60. The molecule has 3 aromatic rings. The molecule has 4 rings (SSSR count). The molecule has 0 bridgehead atoms. The van der Waals surface area contributed by atoms with Crippen LogP contribution in [0.5, 0.6) is 5.75 Å². The monoisotopic (exact) mass is 450 g/mol. The van der Waals surface area contributed by atoms with Gasteiger partial charge in [-0.05, 0) is 58.4 Å². The highest BCUT2D eigenvalue weighted by molar-refractivity contribution is 9.10. The largest absolute Gasteiger partial charge is 0.497 e. The molecule has 0 radical (unpaired) electrons. The van der Waals surface area contributed by atoms with Crippen molar-refractivity contribution >= 4 is 37.5 Å². The minimum absolute atomic E-state index is 0.331. The fraction of sp³-hybridized carbons (Fsp3) is 0.167. The Balaban J connectivity index is 1.90. The number of nitrogens with zero attached hydrogens (tertiary/aromatic N) is 2. The summed E-state index contributed by atoms with van der Waals surface area (Å²) in [6, 6.07) is 13.0. The lowest BCUT2D eigenvalue weighted by molar-refractivity contribution is 0.415. The third-order valence-electron chi connectivity index (χ3n) is 4.22. The van der Waals surface area contributed by atoms with E-state index in [2.05, 4.69) is 25.5 Å². The first-order valence-electron chi connectivity index (χ1n) is 7.77. The van der Waals surface area contributed by atoms with E-state index in [1.54, 1.807) is 31.0 Å². The van der Waals surface area contributed by atoms with E-state index in [4.69, 9.17) is 4.74 Å². The third-order valence-corrected chi connectivity index (χ3v) is 6.93. The first-order valence-corrected chi connectivity index (χ1v) is 11.4.